The van der Waals surface area contributed by atoms with Crippen LogP contribution in [0.2, 0.25) is 0 Å². The molecule has 0 spiro atoms. The van der Waals surface area contributed by atoms with Gasteiger partial charge in [-0.05, 0) is 55.7 Å². The Kier molecular flexibility index (Phi) is 4.61. The van der Waals surface area contributed by atoms with Gasteiger partial charge < -0.3 is 5.32 Å². The molecular formula is C16H25N. The summed E-state index contributed by atoms with van der Waals surface area (Å²) in [5.74, 6) is 0.835. The predicted octanol–water partition coefficient (Wildman–Crippen LogP) is 3.57. The number of aryl methyl sites for hydroxylation is 1. The van der Waals surface area contributed by atoms with Gasteiger partial charge in [-0.15, -0.1) is 0 Å². The van der Waals surface area contributed by atoms with Gasteiger partial charge in [0.1, 0.15) is 0 Å². The molecule has 1 nitrogen and oxygen atoms in total. The Hall–Kier alpha value is -0.820. The maximum atomic E-state index is 3.72. The van der Waals surface area contributed by atoms with E-state index in [4.69, 9.17) is 0 Å². The van der Waals surface area contributed by atoms with Crippen LogP contribution < -0.4 is 5.32 Å². The topological polar surface area (TPSA) is 12.0 Å². The van der Waals surface area contributed by atoms with Crippen LogP contribution >= 0.6 is 0 Å². The normalized spacial score (nSPS) is 20.9. The van der Waals surface area contributed by atoms with Crippen molar-refractivity contribution in [2.75, 3.05) is 6.54 Å². The van der Waals surface area contributed by atoms with Crippen LogP contribution in [0.3, 0.4) is 0 Å². The lowest BCUT2D eigenvalue weighted by atomic mass is 9.79. The maximum absolute atomic E-state index is 3.72. The zero-order chi connectivity index (χ0) is 12.1. The summed E-state index contributed by atoms with van der Waals surface area (Å²) in [5.41, 5.74) is 3.16. The largest absolute Gasteiger partial charge is 0.314 e. The second-order valence-corrected chi connectivity index (χ2v) is 5.24. The van der Waals surface area contributed by atoms with Crippen molar-refractivity contribution in [3.05, 3.63) is 35.4 Å². The van der Waals surface area contributed by atoms with E-state index in [-0.39, 0.29) is 0 Å². The molecule has 94 valence electrons. The van der Waals surface area contributed by atoms with Gasteiger partial charge in [-0.25, -0.2) is 0 Å². The molecule has 1 aliphatic carbocycles. The summed E-state index contributed by atoms with van der Waals surface area (Å²) < 4.78 is 0. The highest BCUT2D eigenvalue weighted by atomic mass is 14.9. The predicted molar refractivity (Wildman–Crippen MR) is 74.3 cm³/mol. The molecule has 0 amide bonds. The van der Waals surface area contributed by atoms with Crippen LogP contribution in [-0.2, 0) is 12.8 Å². The minimum Gasteiger partial charge on any atom is -0.314 e. The van der Waals surface area contributed by atoms with Gasteiger partial charge in [0.2, 0.25) is 0 Å². The molecule has 1 N–H and O–H groups in total. The van der Waals surface area contributed by atoms with E-state index in [1.165, 1.54) is 32.1 Å². The van der Waals surface area contributed by atoms with E-state index in [9.17, 15) is 0 Å². The molecule has 2 rings (SSSR count). The standard InChI is InChI=1S/C16H25N/c1-3-11-17-16(4-2)15-10-9-13-7-5-6-8-14(13)12-15/h5-8,15-17H,3-4,9-12H2,1-2H3. The highest BCUT2D eigenvalue weighted by Gasteiger charge is 2.24. The molecule has 0 aromatic heterocycles. The summed E-state index contributed by atoms with van der Waals surface area (Å²) in [6.07, 6.45) is 6.38. The molecule has 0 saturated carbocycles. The number of rotatable bonds is 5. The smallest absolute Gasteiger partial charge is 0.00959 e. The third kappa shape index (κ3) is 3.10. The van der Waals surface area contributed by atoms with Crippen molar-refractivity contribution in [2.24, 2.45) is 5.92 Å². The number of fused-ring (bicyclic) bond motifs is 1. The van der Waals surface area contributed by atoms with Crippen LogP contribution in [0, 0.1) is 5.92 Å². The van der Waals surface area contributed by atoms with E-state index in [0.29, 0.717) is 6.04 Å². The quantitative estimate of drug-likeness (QED) is 0.817. The van der Waals surface area contributed by atoms with Gasteiger partial charge in [0, 0.05) is 6.04 Å². The first-order chi connectivity index (χ1) is 8.35. The highest BCUT2D eigenvalue weighted by Crippen LogP contribution is 2.28. The van der Waals surface area contributed by atoms with Gasteiger partial charge in [-0.1, -0.05) is 38.1 Å². The molecule has 0 saturated heterocycles. The lowest BCUT2D eigenvalue weighted by Crippen LogP contribution is -2.38. The molecule has 0 bridgehead atoms. The van der Waals surface area contributed by atoms with Gasteiger partial charge in [-0.2, -0.15) is 0 Å². The monoisotopic (exact) mass is 231 g/mol. The van der Waals surface area contributed by atoms with Crippen LogP contribution in [0.1, 0.15) is 44.2 Å². The van der Waals surface area contributed by atoms with Crippen LogP contribution in [0.25, 0.3) is 0 Å². The Morgan fingerprint density at radius 2 is 2.00 bits per heavy atom. The van der Waals surface area contributed by atoms with E-state index in [1.807, 2.05) is 0 Å². The zero-order valence-electron chi connectivity index (χ0n) is 11.2. The Bertz CT molecular complexity index is 345. The second kappa shape index (κ2) is 6.20. The maximum Gasteiger partial charge on any atom is 0.00959 e. The molecule has 1 heteroatoms. The third-order valence-corrected chi connectivity index (χ3v) is 4.05. The first-order valence-electron chi connectivity index (χ1n) is 7.15. The molecular weight excluding hydrogens is 206 g/mol. The molecule has 0 radical (unpaired) electrons. The van der Waals surface area contributed by atoms with Crippen LogP contribution in [0.5, 0.6) is 0 Å². The molecule has 1 aromatic carbocycles. The van der Waals surface area contributed by atoms with Gasteiger partial charge in [0.15, 0.2) is 0 Å². The van der Waals surface area contributed by atoms with Crippen molar-refractivity contribution in [2.45, 2.75) is 52.0 Å². The zero-order valence-corrected chi connectivity index (χ0v) is 11.2. The summed E-state index contributed by atoms with van der Waals surface area (Å²) in [6.45, 7) is 5.72. The summed E-state index contributed by atoms with van der Waals surface area (Å²) in [5, 5.41) is 3.72. The molecule has 1 aromatic rings. The van der Waals surface area contributed by atoms with E-state index >= 15 is 0 Å². The lowest BCUT2D eigenvalue weighted by molar-refractivity contribution is 0.313. The number of hydrogen-bond acceptors (Lipinski definition) is 1. The molecule has 17 heavy (non-hydrogen) atoms. The minimum absolute atomic E-state index is 0.711. The average molecular weight is 231 g/mol. The highest BCUT2D eigenvalue weighted by molar-refractivity contribution is 5.29. The van der Waals surface area contributed by atoms with Gasteiger partial charge >= 0.3 is 0 Å². The fourth-order valence-electron chi connectivity index (χ4n) is 3.04. The fourth-order valence-corrected chi connectivity index (χ4v) is 3.04. The van der Waals surface area contributed by atoms with Crippen molar-refractivity contribution in [1.82, 2.24) is 5.32 Å². The average Bonchev–Trinajstić information content (AvgIpc) is 2.39. The molecule has 2 atom stereocenters. The summed E-state index contributed by atoms with van der Waals surface area (Å²) in [6, 6.07) is 9.68. The van der Waals surface area contributed by atoms with Gasteiger partial charge in [0.25, 0.3) is 0 Å². The van der Waals surface area contributed by atoms with E-state index in [1.54, 1.807) is 11.1 Å². The van der Waals surface area contributed by atoms with Crippen molar-refractivity contribution in [3.63, 3.8) is 0 Å². The lowest BCUT2D eigenvalue weighted by Gasteiger charge is -2.31. The van der Waals surface area contributed by atoms with E-state index < -0.39 is 0 Å². The SMILES string of the molecule is CCCNC(CC)C1CCc2ccccc2C1. The fraction of sp³-hybridized carbons (Fsp3) is 0.625. The van der Waals surface area contributed by atoms with Crippen LogP contribution in [-0.4, -0.2) is 12.6 Å². The number of benzene rings is 1. The van der Waals surface area contributed by atoms with Gasteiger partial charge in [0.05, 0.1) is 0 Å². The van der Waals surface area contributed by atoms with Crippen LogP contribution in [0.4, 0.5) is 0 Å². The summed E-state index contributed by atoms with van der Waals surface area (Å²) >= 11 is 0. The van der Waals surface area contributed by atoms with Gasteiger partial charge in [-0.3, -0.25) is 0 Å². The minimum atomic E-state index is 0.711. The van der Waals surface area contributed by atoms with Crippen molar-refractivity contribution in [1.29, 1.82) is 0 Å². The molecule has 0 aliphatic heterocycles. The summed E-state index contributed by atoms with van der Waals surface area (Å²) in [4.78, 5) is 0. The Morgan fingerprint density at radius 3 is 2.71 bits per heavy atom. The molecule has 2 unspecified atom stereocenters. The Morgan fingerprint density at radius 1 is 1.24 bits per heavy atom. The molecule has 0 fully saturated rings. The first-order valence-corrected chi connectivity index (χ1v) is 7.15. The molecule has 0 heterocycles. The second-order valence-electron chi connectivity index (χ2n) is 5.24. The summed E-state index contributed by atoms with van der Waals surface area (Å²) in [7, 11) is 0. The third-order valence-electron chi connectivity index (χ3n) is 4.05. The van der Waals surface area contributed by atoms with E-state index in [2.05, 4.69) is 43.4 Å². The van der Waals surface area contributed by atoms with Crippen LogP contribution in [0.15, 0.2) is 24.3 Å². The Labute approximate surface area is 106 Å². The van der Waals surface area contributed by atoms with Crippen molar-refractivity contribution >= 4 is 0 Å². The van der Waals surface area contributed by atoms with Crippen molar-refractivity contribution < 1.29 is 0 Å². The van der Waals surface area contributed by atoms with E-state index in [0.717, 1.165) is 12.5 Å². The van der Waals surface area contributed by atoms with Crippen molar-refractivity contribution in [3.8, 4) is 0 Å². The first kappa shape index (κ1) is 12.6. The number of hydrogen-bond donors (Lipinski definition) is 1. The molecule has 1 aliphatic rings. The Balaban J connectivity index is 2.00. The number of nitrogens with one attached hydrogen (secondary N) is 1.